The molecule has 4 rings (SSSR count). The molecule has 1 saturated heterocycles. The fourth-order valence-electron chi connectivity index (χ4n) is 4.38. The lowest BCUT2D eigenvalue weighted by Crippen LogP contribution is -2.47. The summed E-state index contributed by atoms with van der Waals surface area (Å²) in [4.78, 5) is 1.41. The van der Waals surface area contributed by atoms with Crippen LogP contribution in [0.4, 0.5) is 14.5 Å². The molecule has 7 nitrogen and oxygen atoms in total. The molecule has 0 unspecified atom stereocenters. The van der Waals surface area contributed by atoms with Crippen LogP contribution >= 0.6 is 12.2 Å². The predicted molar refractivity (Wildman–Crippen MR) is 150 cm³/mol. The van der Waals surface area contributed by atoms with Crippen molar-refractivity contribution in [2.75, 3.05) is 18.4 Å². The average Bonchev–Trinajstić information content (AvgIpc) is 2.90. The van der Waals surface area contributed by atoms with E-state index in [0.717, 1.165) is 24.3 Å². The lowest BCUT2D eigenvalue weighted by molar-refractivity contribution is 0.305. The summed E-state index contributed by atoms with van der Waals surface area (Å²) in [6.07, 6.45) is 0.895. The molecule has 1 heterocycles. The molecule has 12 heteroatoms. The van der Waals surface area contributed by atoms with E-state index < -0.39 is 37.5 Å². The molecular weight excluding hydrogens is 565 g/mol. The monoisotopic (exact) mass is 593 g/mol. The minimum absolute atomic E-state index is 0.111. The van der Waals surface area contributed by atoms with Gasteiger partial charge in [-0.25, -0.2) is 30.3 Å². The molecule has 0 aromatic heterocycles. The SMILES string of the molecule is CC(C)c1ccc(S(=O)(=O)c2ccc(F)cc2)cc1S(=O)(=O)NC1CCN(C(=S)Nc2ccccc2F)CC1. The second kappa shape index (κ2) is 11.7. The van der Waals surface area contributed by atoms with E-state index in [-0.39, 0.29) is 26.3 Å². The van der Waals surface area contributed by atoms with Gasteiger partial charge in [0, 0.05) is 19.1 Å². The number of halogens is 2. The maximum atomic E-state index is 14.0. The maximum absolute atomic E-state index is 14.0. The minimum Gasteiger partial charge on any atom is -0.349 e. The first-order chi connectivity index (χ1) is 18.4. The van der Waals surface area contributed by atoms with Gasteiger partial charge in [-0.05, 0) is 85.1 Å². The third-order valence-electron chi connectivity index (χ3n) is 6.55. The van der Waals surface area contributed by atoms with E-state index in [2.05, 4.69) is 10.0 Å². The minimum atomic E-state index is -4.09. The van der Waals surface area contributed by atoms with Crippen LogP contribution in [0.2, 0.25) is 0 Å². The summed E-state index contributed by atoms with van der Waals surface area (Å²) in [7, 11) is -8.16. The number of para-hydroxylation sites is 1. The Bertz CT molecular complexity index is 1570. The molecule has 3 aromatic carbocycles. The number of thiocarbonyl (C=S) groups is 1. The summed E-state index contributed by atoms with van der Waals surface area (Å²) in [5.74, 6) is -1.19. The number of hydrogen-bond donors (Lipinski definition) is 2. The molecule has 0 amide bonds. The fraction of sp³-hybridized carbons (Fsp3) is 0.296. The molecule has 3 aromatic rings. The molecule has 0 aliphatic carbocycles. The Labute approximate surface area is 233 Å². The number of nitrogens with zero attached hydrogens (tertiary/aromatic N) is 1. The van der Waals surface area contributed by atoms with E-state index in [0.29, 0.717) is 36.6 Å². The van der Waals surface area contributed by atoms with Gasteiger partial charge < -0.3 is 10.2 Å². The van der Waals surface area contributed by atoms with Crippen LogP contribution in [0.1, 0.15) is 38.2 Å². The molecule has 0 saturated carbocycles. The highest BCUT2D eigenvalue weighted by atomic mass is 32.2. The van der Waals surface area contributed by atoms with E-state index in [9.17, 15) is 25.6 Å². The lowest BCUT2D eigenvalue weighted by atomic mass is 10.0. The highest BCUT2D eigenvalue weighted by Crippen LogP contribution is 2.30. The number of hydrogen-bond acceptors (Lipinski definition) is 5. The number of nitrogens with one attached hydrogen (secondary N) is 2. The average molecular weight is 594 g/mol. The van der Waals surface area contributed by atoms with Gasteiger partial charge in [0.2, 0.25) is 19.9 Å². The van der Waals surface area contributed by atoms with Crippen molar-refractivity contribution in [1.29, 1.82) is 0 Å². The van der Waals surface area contributed by atoms with Crippen molar-refractivity contribution < 1.29 is 25.6 Å². The number of rotatable bonds is 7. The Morgan fingerprint density at radius 2 is 1.54 bits per heavy atom. The second-order valence-electron chi connectivity index (χ2n) is 9.60. The Balaban J connectivity index is 1.51. The van der Waals surface area contributed by atoms with Gasteiger partial charge in [0.1, 0.15) is 11.6 Å². The number of anilines is 1. The van der Waals surface area contributed by atoms with Crippen molar-refractivity contribution in [1.82, 2.24) is 9.62 Å². The van der Waals surface area contributed by atoms with Gasteiger partial charge in [0.15, 0.2) is 5.11 Å². The summed E-state index contributed by atoms with van der Waals surface area (Å²) in [5.41, 5.74) is 0.746. The number of likely N-dealkylation sites (tertiary alicyclic amines) is 1. The standard InChI is InChI=1S/C27H29F2N3O4S3/c1-18(2)23-12-11-22(38(33,34)21-9-7-19(28)8-10-21)17-26(23)39(35,36)31-20-13-15-32(16-14-20)27(37)30-25-6-4-3-5-24(25)29/h3-12,17-18,20,31H,13-16H2,1-2H3,(H,30,37). The van der Waals surface area contributed by atoms with Crippen LogP contribution in [0.15, 0.2) is 81.4 Å². The molecular formula is C27H29F2N3O4S3. The quantitative estimate of drug-likeness (QED) is 0.292. The second-order valence-corrected chi connectivity index (χ2v) is 13.6. The van der Waals surface area contributed by atoms with Crippen molar-refractivity contribution in [3.63, 3.8) is 0 Å². The van der Waals surface area contributed by atoms with Crippen LogP contribution in [0.5, 0.6) is 0 Å². The van der Waals surface area contributed by atoms with Gasteiger partial charge in [-0.1, -0.05) is 32.0 Å². The smallest absolute Gasteiger partial charge is 0.241 e. The Morgan fingerprint density at radius 1 is 0.923 bits per heavy atom. The number of piperidine rings is 1. The van der Waals surface area contributed by atoms with Crippen molar-refractivity contribution >= 4 is 42.9 Å². The van der Waals surface area contributed by atoms with Crippen molar-refractivity contribution in [2.45, 2.75) is 53.3 Å². The molecule has 39 heavy (non-hydrogen) atoms. The summed E-state index contributed by atoms with van der Waals surface area (Å²) in [6, 6.07) is 14.2. The third-order valence-corrected chi connectivity index (χ3v) is 10.3. The zero-order chi connectivity index (χ0) is 28.4. The van der Waals surface area contributed by atoms with Crippen LogP contribution < -0.4 is 10.0 Å². The van der Waals surface area contributed by atoms with E-state index in [4.69, 9.17) is 12.2 Å². The van der Waals surface area contributed by atoms with Gasteiger partial charge in [-0.15, -0.1) is 0 Å². The predicted octanol–water partition coefficient (Wildman–Crippen LogP) is 5.06. The van der Waals surface area contributed by atoms with E-state index in [1.54, 1.807) is 18.2 Å². The topological polar surface area (TPSA) is 95.6 Å². The molecule has 208 valence electrons. The third kappa shape index (κ3) is 6.63. The molecule has 0 bridgehead atoms. The first-order valence-corrected chi connectivity index (χ1v) is 15.7. The van der Waals surface area contributed by atoms with Gasteiger partial charge >= 0.3 is 0 Å². The summed E-state index contributed by atoms with van der Waals surface area (Å²) in [5, 5.41) is 3.24. The molecule has 1 fully saturated rings. The Hall–Kier alpha value is -2.93. The first-order valence-electron chi connectivity index (χ1n) is 12.4. The highest BCUT2D eigenvalue weighted by Gasteiger charge is 2.29. The molecule has 0 spiro atoms. The van der Waals surface area contributed by atoms with Crippen molar-refractivity contribution in [3.8, 4) is 0 Å². The van der Waals surface area contributed by atoms with Gasteiger partial charge in [-0.2, -0.15) is 0 Å². The molecule has 0 atom stereocenters. The summed E-state index contributed by atoms with van der Waals surface area (Å²) < 4.78 is 83.4. The molecule has 1 aliphatic heterocycles. The Morgan fingerprint density at radius 3 is 2.15 bits per heavy atom. The zero-order valence-electron chi connectivity index (χ0n) is 21.4. The van der Waals surface area contributed by atoms with Crippen molar-refractivity contribution in [3.05, 3.63) is 83.9 Å². The summed E-state index contributed by atoms with van der Waals surface area (Å²) >= 11 is 5.41. The summed E-state index contributed by atoms with van der Waals surface area (Å²) in [6.45, 7) is 4.54. The molecule has 1 aliphatic rings. The lowest BCUT2D eigenvalue weighted by Gasteiger charge is -2.34. The van der Waals surface area contributed by atoms with E-state index in [1.807, 2.05) is 18.7 Å². The van der Waals surface area contributed by atoms with Crippen LogP contribution in [-0.4, -0.2) is 46.0 Å². The number of sulfone groups is 1. The largest absolute Gasteiger partial charge is 0.349 e. The highest BCUT2D eigenvalue weighted by molar-refractivity contribution is 7.91. The van der Waals surface area contributed by atoms with Crippen LogP contribution in [-0.2, 0) is 19.9 Å². The van der Waals surface area contributed by atoms with Crippen LogP contribution in [0, 0.1) is 11.6 Å². The maximum Gasteiger partial charge on any atom is 0.241 e. The van der Waals surface area contributed by atoms with E-state index in [1.165, 1.54) is 24.3 Å². The molecule has 2 N–H and O–H groups in total. The van der Waals surface area contributed by atoms with Crippen LogP contribution in [0.25, 0.3) is 0 Å². The normalized spacial score (nSPS) is 14.9. The number of sulfonamides is 1. The van der Waals surface area contributed by atoms with Crippen LogP contribution in [0.3, 0.4) is 0 Å². The number of benzene rings is 3. The fourth-order valence-corrected chi connectivity index (χ4v) is 7.73. The van der Waals surface area contributed by atoms with Gasteiger partial charge in [-0.3, -0.25) is 0 Å². The zero-order valence-corrected chi connectivity index (χ0v) is 23.8. The Kier molecular flexibility index (Phi) is 8.69. The van der Waals surface area contributed by atoms with Gasteiger partial charge in [0.05, 0.1) is 20.4 Å². The van der Waals surface area contributed by atoms with Gasteiger partial charge in [0.25, 0.3) is 0 Å². The molecule has 0 radical (unpaired) electrons. The van der Waals surface area contributed by atoms with E-state index >= 15 is 0 Å². The van der Waals surface area contributed by atoms with Crippen molar-refractivity contribution in [2.24, 2.45) is 0 Å². The first kappa shape index (κ1) is 29.1.